The number of phenolic OH excluding ortho intramolecular Hbond substituents is 1. The molecule has 0 bridgehead atoms. The van der Waals surface area contributed by atoms with Crippen molar-refractivity contribution in [3.05, 3.63) is 45.7 Å². The molecule has 0 spiro atoms. The molecule has 0 aliphatic carbocycles. The first kappa shape index (κ1) is 20.6. The molecule has 5 nitrogen and oxygen atoms in total. The van der Waals surface area contributed by atoms with Gasteiger partial charge < -0.3 is 15.7 Å². The first-order valence-corrected chi connectivity index (χ1v) is 8.37. The molecule has 0 atom stereocenters. The van der Waals surface area contributed by atoms with E-state index in [1.165, 1.54) is 12.1 Å². The van der Waals surface area contributed by atoms with Crippen molar-refractivity contribution in [2.75, 3.05) is 13.1 Å². The number of aromatic nitrogens is 1. The van der Waals surface area contributed by atoms with Gasteiger partial charge in [-0.15, -0.1) is 35.3 Å². The third kappa shape index (κ3) is 6.60. The molecule has 0 aliphatic heterocycles. The molecule has 1 heterocycles. The number of aryl methyl sites for hydroxylation is 1. The van der Waals surface area contributed by atoms with Crippen molar-refractivity contribution in [1.82, 2.24) is 15.6 Å². The number of benzene rings is 1. The number of nitrogens with zero attached hydrogens (tertiary/aromatic N) is 2. The van der Waals surface area contributed by atoms with Crippen LogP contribution in [-0.4, -0.2) is 29.1 Å². The van der Waals surface area contributed by atoms with E-state index in [-0.39, 0.29) is 29.7 Å². The van der Waals surface area contributed by atoms with Gasteiger partial charge in [0, 0.05) is 24.9 Å². The van der Waals surface area contributed by atoms with E-state index < -0.39 is 5.82 Å². The van der Waals surface area contributed by atoms with Crippen LogP contribution in [0.1, 0.15) is 23.2 Å². The quantitative estimate of drug-likeness (QED) is 0.349. The van der Waals surface area contributed by atoms with E-state index in [1.807, 2.05) is 13.8 Å². The van der Waals surface area contributed by atoms with Gasteiger partial charge in [-0.05, 0) is 31.5 Å². The fourth-order valence-corrected chi connectivity index (χ4v) is 2.64. The number of hydrogen-bond donors (Lipinski definition) is 3. The number of aliphatic imine (C=N–C) groups is 1. The lowest BCUT2D eigenvalue weighted by Gasteiger charge is -2.10. The van der Waals surface area contributed by atoms with Gasteiger partial charge in [0.2, 0.25) is 0 Å². The Morgan fingerprint density at radius 3 is 2.79 bits per heavy atom. The van der Waals surface area contributed by atoms with E-state index in [4.69, 9.17) is 0 Å². The smallest absolute Gasteiger partial charge is 0.191 e. The first-order chi connectivity index (χ1) is 11.1. The van der Waals surface area contributed by atoms with Crippen molar-refractivity contribution in [3.63, 3.8) is 0 Å². The predicted octanol–water partition coefficient (Wildman–Crippen LogP) is 3.21. The molecule has 24 heavy (non-hydrogen) atoms. The fraction of sp³-hybridized carbons (Fsp3) is 0.375. The topological polar surface area (TPSA) is 69.5 Å². The minimum atomic E-state index is -0.630. The molecule has 0 saturated carbocycles. The minimum Gasteiger partial charge on any atom is -0.505 e. The highest BCUT2D eigenvalue weighted by Gasteiger charge is 2.03. The number of thiazole rings is 1. The van der Waals surface area contributed by atoms with Crippen molar-refractivity contribution in [3.8, 4) is 5.75 Å². The van der Waals surface area contributed by atoms with E-state index in [0.29, 0.717) is 18.1 Å². The number of halogens is 2. The molecular weight excluding hydrogens is 442 g/mol. The number of aromatic hydroxyl groups is 1. The van der Waals surface area contributed by atoms with Crippen molar-refractivity contribution < 1.29 is 9.50 Å². The Labute approximate surface area is 162 Å². The second-order valence-electron chi connectivity index (χ2n) is 5.02. The van der Waals surface area contributed by atoms with E-state index in [2.05, 4.69) is 26.0 Å². The van der Waals surface area contributed by atoms with Crippen LogP contribution in [0.15, 0.2) is 28.6 Å². The number of hydrogen-bond acceptors (Lipinski definition) is 4. The van der Waals surface area contributed by atoms with Gasteiger partial charge in [-0.1, -0.05) is 6.07 Å². The highest BCUT2D eigenvalue weighted by atomic mass is 127. The Kier molecular flexibility index (Phi) is 8.98. The lowest BCUT2D eigenvalue weighted by atomic mass is 10.2. The highest BCUT2D eigenvalue weighted by Crippen LogP contribution is 2.16. The molecule has 0 amide bonds. The highest BCUT2D eigenvalue weighted by molar-refractivity contribution is 14.0. The molecule has 8 heteroatoms. The van der Waals surface area contributed by atoms with E-state index in [0.717, 1.165) is 30.2 Å². The Morgan fingerprint density at radius 1 is 1.38 bits per heavy atom. The molecule has 2 rings (SSSR count). The van der Waals surface area contributed by atoms with Gasteiger partial charge in [0.15, 0.2) is 17.5 Å². The monoisotopic (exact) mass is 464 g/mol. The molecule has 1 aromatic heterocycles. The Balaban J connectivity index is 0.00000288. The molecule has 1 aromatic carbocycles. The third-order valence-corrected chi connectivity index (χ3v) is 3.94. The van der Waals surface area contributed by atoms with Crippen LogP contribution in [-0.2, 0) is 13.0 Å². The summed E-state index contributed by atoms with van der Waals surface area (Å²) in [4.78, 5) is 8.84. The second-order valence-corrected chi connectivity index (χ2v) is 6.08. The van der Waals surface area contributed by atoms with Crippen molar-refractivity contribution >= 4 is 41.3 Å². The number of phenols is 1. The maximum atomic E-state index is 13.3. The van der Waals surface area contributed by atoms with Crippen LogP contribution in [0.2, 0.25) is 0 Å². The van der Waals surface area contributed by atoms with Gasteiger partial charge in [0.25, 0.3) is 0 Å². The summed E-state index contributed by atoms with van der Waals surface area (Å²) < 4.78 is 13.3. The van der Waals surface area contributed by atoms with E-state index in [9.17, 15) is 9.50 Å². The molecule has 2 aromatic rings. The normalized spacial score (nSPS) is 11.0. The number of guanidine groups is 1. The Hall–Kier alpha value is -1.42. The van der Waals surface area contributed by atoms with Gasteiger partial charge in [0.05, 0.1) is 17.2 Å². The zero-order valence-electron chi connectivity index (χ0n) is 13.7. The lowest BCUT2D eigenvalue weighted by molar-refractivity contribution is 0.432. The van der Waals surface area contributed by atoms with Crippen LogP contribution in [0.3, 0.4) is 0 Å². The third-order valence-electron chi connectivity index (χ3n) is 3.12. The molecule has 0 fully saturated rings. The molecule has 132 valence electrons. The summed E-state index contributed by atoms with van der Waals surface area (Å²) in [6.07, 6.45) is 0.822. The van der Waals surface area contributed by atoms with Gasteiger partial charge in [-0.2, -0.15) is 0 Å². The maximum Gasteiger partial charge on any atom is 0.191 e. The van der Waals surface area contributed by atoms with Crippen molar-refractivity contribution in [1.29, 1.82) is 0 Å². The number of rotatable bonds is 6. The molecule has 0 radical (unpaired) electrons. The predicted molar refractivity (Wildman–Crippen MR) is 107 cm³/mol. The van der Waals surface area contributed by atoms with Gasteiger partial charge >= 0.3 is 0 Å². The minimum absolute atomic E-state index is 0. The van der Waals surface area contributed by atoms with Gasteiger partial charge in [-0.3, -0.25) is 0 Å². The summed E-state index contributed by atoms with van der Waals surface area (Å²) in [5, 5.41) is 18.7. The number of nitrogens with one attached hydrogen (secondary N) is 2. The molecule has 0 unspecified atom stereocenters. The van der Waals surface area contributed by atoms with E-state index in [1.54, 1.807) is 17.4 Å². The summed E-state index contributed by atoms with van der Waals surface area (Å²) >= 11 is 1.64. The van der Waals surface area contributed by atoms with Crippen LogP contribution < -0.4 is 10.6 Å². The first-order valence-electron chi connectivity index (χ1n) is 7.49. The zero-order valence-corrected chi connectivity index (χ0v) is 16.8. The van der Waals surface area contributed by atoms with Crippen LogP contribution >= 0.6 is 35.3 Å². The summed E-state index contributed by atoms with van der Waals surface area (Å²) in [5.41, 5.74) is 1.77. The fourth-order valence-electron chi connectivity index (χ4n) is 1.99. The molecule has 3 N–H and O–H groups in total. The van der Waals surface area contributed by atoms with Crippen LogP contribution in [0, 0.1) is 12.7 Å². The second kappa shape index (κ2) is 10.4. The van der Waals surface area contributed by atoms with Gasteiger partial charge in [0.1, 0.15) is 0 Å². The SMILES string of the molecule is CCNC(=NCc1ccc(O)c(F)c1)NCCc1csc(C)n1.I. The Morgan fingerprint density at radius 2 is 2.17 bits per heavy atom. The molecule has 0 aliphatic rings. The summed E-state index contributed by atoms with van der Waals surface area (Å²) in [6.45, 7) is 5.78. The largest absolute Gasteiger partial charge is 0.505 e. The maximum absolute atomic E-state index is 13.3. The van der Waals surface area contributed by atoms with Crippen LogP contribution in [0.5, 0.6) is 5.75 Å². The van der Waals surface area contributed by atoms with Crippen molar-refractivity contribution in [2.45, 2.75) is 26.8 Å². The zero-order chi connectivity index (χ0) is 16.7. The van der Waals surface area contributed by atoms with Crippen molar-refractivity contribution in [2.24, 2.45) is 4.99 Å². The van der Waals surface area contributed by atoms with Gasteiger partial charge in [-0.25, -0.2) is 14.4 Å². The summed E-state index contributed by atoms with van der Waals surface area (Å²) in [5.74, 6) is -0.302. The van der Waals surface area contributed by atoms with E-state index >= 15 is 0 Å². The van der Waals surface area contributed by atoms with Crippen LogP contribution in [0.4, 0.5) is 4.39 Å². The average molecular weight is 464 g/mol. The standard InChI is InChI=1S/C16H21FN4OS.HI/c1-3-18-16(19-7-6-13-10-23-11(2)21-13)20-9-12-4-5-15(22)14(17)8-12;/h4-5,8,10,22H,3,6-7,9H2,1-2H3,(H2,18,19,20);1H. The summed E-state index contributed by atoms with van der Waals surface area (Å²) in [6, 6.07) is 4.29. The molecular formula is C16H22FIN4OS. The van der Waals surface area contributed by atoms with Crippen LogP contribution in [0.25, 0.3) is 0 Å². The molecule has 0 saturated heterocycles. The summed E-state index contributed by atoms with van der Waals surface area (Å²) in [7, 11) is 0. The average Bonchev–Trinajstić information content (AvgIpc) is 2.93. The lowest BCUT2D eigenvalue weighted by Crippen LogP contribution is -2.38. The Bertz CT molecular complexity index is 678.